The van der Waals surface area contributed by atoms with Gasteiger partial charge in [0.1, 0.15) is 11.7 Å². The highest BCUT2D eigenvalue weighted by Gasteiger charge is 2.51. The second-order valence-electron chi connectivity index (χ2n) is 7.25. The molecule has 33 heavy (non-hydrogen) atoms. The number of hydrogen-bond acceptors (Lipinski definition) is 11. The van der Waals surface area contributed by atoms with Crippen LogP contribution in [0, 0.1) is 0 Å². The highest BCUT2D eigenvalue weighted by atomic mass is 32.2. The molecule has 0 radical (unpaired) electrons. The van der Waals surface area contributed by atoms with Crippen molar-refractivity contribution in [3.05, 3.63) is 11.1 Å². The van der Waals surface area contributed by atoms with Crippen LogP contribution in [0.3, 0.4) is 0 Å². The molecule has 2 rings (SSSR count). The average Bonchev–Trinajstić information content (AvgIpc) is 3.10. The SMILES string of the molecule is C[C@H]1[C@H](NC(=O)/C(=N\OC(C)(C)C(=O)NN(C)C(N)=O)c2csc(N)n2)C(=O)N1S(=O)(=O)O. The van der Waals surface area contributed by atoms with Gasteiger partial charge in [-0.05, 0) is 20.8 Å². The third kappa shape index (κ3) is 5.65. The second kappa shape index (κ2) is 9.16. The summed E-state index contributed by atoms with van der Waals surface area (Å²) in [6.45, 7) is 3.86. The van der Waals surface area contributed by atoms with Gasteiger partial charge in [-0.1, -0.05) is 5.16 Å². The predicted molar refractivity (Wildman–Crippen MR) is 114 cm³/mol. The normalized spacial score (nSPS) is 18.9. The maximum absolute atomic E-state index is 12.8. The molecule has 1 aromatic rings. The molecule has 0 saturated carbocycles. The third-order valence-corrected chi connectivity index (χ3v) is 6.05. The van der Waals surface area contributed by atoms with Crippen molar-refractivity contribution in [2.75, 3.05) is 12.8 Å². The number of rotatable bonds is 7. The quantitative estimate of drug-likeness (QED) is 0.115. The van der Waals surface area contributed by atoms with Crippen LogP contribution in [0.5, 0.6) is 0 Å². The fraction of sp³-hybridized carbons (Fsp3) is 0.467. The van der Waals surface area contributed by atoms with E-state index >= 15 is 0 Å². The number of carbonyl (C=O) groups is 4. The lowest BCUT2D eigenvalue weighted by atomic mass is 10.0. The van der Waals surface area contributed by atoms with Gasteiger partial charge in [0, 0.05) is 12.4 Å². The molecule has 0 aliphatic carbocycles. The number of hydrazine groups is 1. The van der Waals surface area contributed by atoms with E-state index in [-0.39, 0.29) is 15.1 Å². The van der Waals surface area contributed by atoms with Crippen molar-refractivity contribution in [2.45, 2.75) is 38.5 Å². The van der Waals surface area contributed by atoms with Crippen LogP contribution in [0.2, 0.25) is 0 Å². The van der Waals surface area contributed by atoms with Crippen LogP contribution in [0.15, 0.2) is 10.5 Å². The molecule has 16 nitrogen and oxygen atoms in total. The Bertz CT molecular complexity index is 1110. The zero-order valence-electron chi connectivity index (χ0n) is 17.8. The maximum atomic E-state index is 12.8. The first-order chi connectivity index (χ1) is 15.1. The number of anilines is 1. The van der Waals surface area contributed by atoms with Crippen molar-refractivity contribution in [1.29, 1.82) is 0 Å². The van der Waals surface area contributed by atoms with Crippen LogP contribution < -0.4 is 22.2 Å². The monoisotopic (exact) mass is 506 g/mol. The first-order valence-corrected chi connectivity index (χ1v) is 11.3. The summed E-state index contributed by atoms with van der Waals surface area (Å²) in [5.74, 6) is -2.90. The number of primary amides is 1. The van der Waals surface area contributed by atoms with E-state index in [1.54, 1.807) is 0 Å². The summed E-state index contributed by atoms with van der Waals surface area (Å²) < 4.78 is 31.7. The fourth-order valence-electron chi connectivity index (χ4n) is 2.46. The van der Waals surface area contributed by atoms with E-state index in [1.807, 2.05) is 0 Å². The van der Waals surface area contributed by atoms with E-state index in [9.17, 15) is 27.6 Å². The molecular formula is C15H22N8O8S2. The standard InChI is InChI=1S/C15H22N8O8S2/c1-6-8(11(25)23(6)33(28,29)30)19-10(24)9(7-5-32-13(16)18-7)21-31-15(2,3)12(26)20-22(4)14(17)27/h5-6,8H,1-4H3,(H2,16,18)(H2,17,27)(H,19,24)(H,20,26)(H,28,29,30)/b21-9-/t6-,8-/m0/s1. The van der Waals surface area contributed by atoms with Crippen molar-refractivity contribution in [3.8, 4) is 0 Å². The summed E-state index contributed by atoms with van der Waals surface area (Å²) in [5.41, 5.74) is 10.6. The van der Waals surface area contributed by atoms with Crippen LogP contribution in [0.25, 0.3) is 0 Å². The van der Waals surface area contributed by atoms with Gasteiger partial charge in [-0.15, -0.1) is 11.3 Å². The number of hydrogen-bond donors (Lipinski definition) is 5. The molecule has 18 heteroatoms. The van der Waals surface area contributed by atoms with Crippen molar-refractivity contribution < 1.29 is 37.0 Å². The van der Waals surface area contributed by atoms with Gasteiger partial charge in [-0.25, -0.2) is 19.1 Å². The maximum Gasteiger partial charge on any atom is 0.362 e. The number of nitrogen functional groups attached to an aromatic ring is 1. The number of amides is 5. The third-order valence-electron chi connectivity index (χ3n) is 4.36. The Kier molecular flexibility index (Phi) is 7.14. The Labute approximate surface area is 191 Å². The average molecular weight is 507 g/mol. The Morgan fingerprint density at radius 1 is 1.39 bits per heavy atom. The minimum Gasteiger partial charge on any atom is -0.379 e. The van der Waals surface area contributed by atoms with Crippen LogP contribution in [0.4, 0.5) is 9.93 Å². The molecule has 2 heterocycles. The second-order valence-corrected chi connectivity index (χ2v) is 9.43. The zero-order chi connectivity index (χ0) is 25.3. The topological polar surface area (TPSA) is 240 Å². The Balaban J connectivity index is 2.24. The molecule has 1 saturated heterocycles. The minimum absolute atomic E-state index is 0.0495. The molecule has 182 valence electrons. The lowest BCUT2D eigenvalue weighted by Gasteiger charge is -2.42. The molecule has 1 fully saturated rings. The molecule has 5 amide bonds. The van der Waals surface area contributed by atoms with Gasteiger partial charge in [-0.3, -0.25) is 24.4 Å². The molecule has 1 aliphatic rings. The summed E-state index contributed by atoms with van der Waals surface area (Å²) in [6.07, 6.45) is 0. The van der Waals surface area contributed by atoms with Crippen molar-refractivity contribution in [2.24, 2.45) is 10.9 Å². The van der Waals surface area contributed by atoms with Gasteiger partial charge >= 0.3 is 16.3 Å². The number of nitrogens with two attached hydrogens (primary N) is 2. The highest BCUT2D eigenvalue weighted by Crippen LogP contribution is 2.23. The number of aromatic nitrogens is 1. The molecular weight excluding hydrogens is 484 g/mol. The molecule has 2 atom stereocenters. The Hall–Kier alpha value is -3.51. The van der Waals surface area contributed by atoms with Gasteiger partial charge in [0.25, 0.3) is 17.7 Å². The van der Waals surface area contributed by atoms with Crippen LogP contribution in [-0.2, 0) is 29.5 Å². The number of nitrogens with one attached hydrogen (secondary N) is 2. The number of urea groups is 1. The fourth-order valence-corrected chi connectivity index (χ4v) is 3.89. The molecule has 0 unspecified atom stereocenters. The summed E-state index contributed by atoms with van der Waals surface area (Å²) in [7, 11) is -3.59. The van der Waals surface area contributed by atoms with E-state index in [2.05, 4.69) is 20.9 Å². The van der Waals surface area contributed by atoms with Gasteiger partial charge in [0.2, 0.25) is 5.60 Å². The van der Waals surface area contributed by atoms with Crippen LogP contribution in [0.1, 0.15) is 26.5 Å². The molecule has 0 aromatic carbocycles. The number of oxime groups is 1. The Morgan fingerprint density at radius 2 is 2.00 bits per heavy atom. The first-order valence-electron chi connectivity index (χ1n) is 8.99. The van der Waals surface area contributed by atoms with Crippen molar-refractivity contribution in [1.82, 2.24) is 25.0 Å². The van der Waals surface area contributed by atoms with Gasteiger partial charge in [0.15, 0.2) is 10.8 Å². The summed E-state index contributed by atoms with van der Waals surface area (Å²) in [5, 5.41) is 8.11. The first kappa shape index (κ1) is 25.7. The van der Waals surface area contributed by atoms with E-state index in [4.69, 9.17) is 20.9 Å². The summed E-state index contributed by atoms with van der Waals surface area (Å²) in [4.78, 5) is 57.4. The molecule has 1 aliphatic heterocycles. The highest BCUT2D eigenvalue weighted by molar-refractivity contribution is 7.84. The lowest BCUT2D eigenvalue weighted by molar-refractivity contribution is -0.146. The number of carbonyl (C=O) groups excluding carboxylic acids is 4. The molecule has 0 spiro atoms. The molecule has 1 aromatic heterocycles. The van der Waals surface area contributed by atoms with Gasteiger partial charge in [-0.2, -0.15) is 8.42 Å². The summed E-state index contributed by atoms with van der Waals surface area (Å²) in [6, 6.07) is -3.31. The molecule has 7 N–H and O–H groups in total. The van der Waals surface area contributed by atoms with Crippen molar-refractivity contribution >= 4 is 56.2 Å². The van der Waals surface area contributed by atoms with Crippen molar-refractivity contribution in [3.63, 3.8) is 0 Å². The van der Waals surface area contributed by atoms with E-state index < -0.39 is 57.5 Å². The smallest absolute Gasteiger partial charge is 0.362 e. The Morgan fingerprint density at radius 3 is 2.45 bits per heavy atom. The number of thiazole rings is 1. The molecule has 0 bridgehead atoms. The largest absolute Gasteiger partial charge is 0.379 e. The van der Waals surface area contributed by atoms with E-state index in [0.717, 1.165) is 11.3 Å². The van der Waals surface area contributed by atoms with E-state index in [1.165, 1.54) is 33.2 Å². The van der Waals surface area contributed by atoms with Crippen LogP contribution in [-0.4, -0.2) is 81.5 Å². The summed E-state index contributed by atoms with van der Waals surface area (Å²) >= 11 is 0.970. The zero-order valence-corrected chi connectivity index (χ0v) is 19.4. The van der Waals surface area contributed by atoms with Crippen LogP contribution >= 0.6 is 11.3 Å². The predicted octanol–water partition coefficient (Wildman–Crippen LogP) is -2.22. The van der Waals surface area contributed by atoms with Gasteiger partial charge < -0.3 is 21.6 Å². The number of nitrogens with zero attached hydrogens (tertiary/aromatic N) is 4. The lowest BCUT2D eigenvalue weighted by Crippen LogP contribution is -2.71. The minimum atomic E-state index is -4.79. The number of β-lactam (4-membered cyclic amide) rings is 1. The van der Waals surface area contributed by atoms with E-state index in [0.29, 0.717) is 5.01 Å². The van der Waals surface area contributed by atoms with Gasteiger partial charge in [0.05, 0.1) is 6.04 Å².